The molecule has 5 heteroatoms. The Bertz CT molecular complexity index is 684. The zero-order valence-electron chi connectivity index (χ0n) is 15.0. The highest BCUT2D eigenvalue weighted by Gasteiger charge is 2.37. The number of carboxylic acids is 1. The molecule has 1 saturated heterocycles. The van der Waals surface area contributed by atoms with Gasteiger partial charge in [-0.2, -0.15) is 0 Å². The first kappa shape index (κ1) is 18.9. The third kappa shape index (κ3) is 5.25. The Morgan fingerprint density at radius 3 is 2.76 bits per heavy atom. The van der Waals surface area contributed by atoms with Gasteiger partial charge in [-0.1, -0.05) is 18.1 Å². The van der Waals surface area contributed by atoms with E-state index in [1.54, 1.807) is 4.90 Å². The van der Waals surface area contributed by atoms with Gasteiger partial charge in [0.25, 0.3) is 0 Å². The summed E-state index contributed by atoms with van der Waals surface area (Å²) in [5, 5.41) is 9.66. The third-order valence-corrected chi connectivity index (χ3v) is 4.31. The Morgan fingerprint density at radius 1 is 1.44 bits per heavy atom. The van der Waals surface area contributed by atoms with Gasteiger partial charge in [0.2, 0.25) is 0 Å². The highest BCUT2D eigenvalue weighted by Crippen LogP contribution is 2.28. The van der Waals surface area contributed by atoms with Gasteiger partial charge < -0.3 is 14.7 Å². The van der Waals surface area contributed by atoms with Crippen molar-refractivity contribution in [3.63, 3.8) is 0 Å². The van der Waals surface area contributed by atoms with E-state index in [0.717, 1.165) is 11.1 Å². The fraction of sp³-hybridized carbons (Fsp3) is 0.500. The average molecular weight is 343 g/mol. The van der Waals surface area contributed by atoms with Crippen molar-refractivity contribution in [1.29, 1.82) is 0 Å². The summed E-state index contributed by atoms with van der Waals surface area (Å²) in [5.41, 5.74) is 1.08. The molecule has 0 bridgehead atoms. The van der Waals surface area contributed by atoms with Crippen LogP contribution >= 0.6 is 0 Å². The van der Waals surface area contributed by atoms with Crippen LogP contribution in [0.1, 0.15) is 38.3 Å². The fourth-order valence-corrected chi connectivity index (χ4v) is 3.11. The second-order valence-corrected chi connectivity index (χ2v) is 7.47. The van der Waals surface area contributed by atoms with Crippen LogP contribution in [-0.2, 0) is 16.0 Å². The van der Waals surface area contributed by atoms with Gasteiger partial charge >= 0.3 is 12.1 Å². The largest absolute Gasteiger partial charge is 0.481 e. The molecule has 2 atom stereocenters. The van der Waals surface area contributed by atoms with Crippen molar-refractivity contribution >= 4 is 12.1 Å². The van der Waals surface area contributed by atoms with E-state index in [2.05, 4.69) is 5.92 Å². The van der Waals surface area contributed by atoms with E-state index in [0.29, 0.717) is 25.9 Å². The van der Waals surface area contributed by atoms with Crippen LogP contribution in [0.4, 0.5) is 4.79 Å². The number of hydrogen-bond acceptors (Lipinski definition) is 3. The van der Waals surface area contributed by atoms with Gasteiger partial charge in [0.1, 0.15) is 5.60 Å². The molecule has 0 saturated carbocycles. The summed E-state index contributed by atoms with van der Waals surface area (Å²) in [6.07, 6.45) is 6.09. The predicted octanol–water partition coefficient (Wildman–Crippen LogP) is 3.17. The lowest BCUT2D eigenvalue weighted by Crippen LogP contribution is -2.36. The SMILES string of the molecule is C#Cc1cccc(CC(C(=O)O)[C@H]2CCN(C(=O)OC(C)(C)C)C2)c1. The van der Waals surface area contributed by atoms with E-state index >= 15 is 0 Å². The number of carbonyl (C=O) groups is 2. The average Bonchev–Trinajstić information content (AvgIpc) is 3.00. The number of likely N-dealkylation sites (tertiary alicyclic amines) is 1. The van der Waals surface area contributed by atoms with Crippen molar-refractivity contribution in [1.82, 2.24) is 4.90 Å². The molecular weight excluding hydrogens is 318 g/mol. The summed E-state index contributed by atoms with van der Waals surface area (Å²) >= 11 is 0. The number of rotatable bonds is 4. The molecule has 1 aromatic carbocycles. The van der Waals surface area contributed by atoms with Crippen molar-refractivity contribution in [3.05, 3.63) is 35.4 Å². The normalized spacial score (nSPS) is 18.5. The first-order valence-electron chi connectivity index (χ1n) is 8.46. The highest BCUT2D eigenvalue weighted by atomic mass is 16.6. The number of nitrogens with zero attached hydrogens (tertiary/aromatic N) is 1. The summed E-state index contributed by atoms with van der Waals surface area (Å²) in [5.74, 6) is 1.07. The van der Waals surface area contributed by atoms with Gasteiger partial charge in [-0.3, -0.25) is 4.79 Å². The smallest absolute Gasteiger partial charge is 0.410 e. The standard InChI is InChI=1S/C20H25NO4/c1-5-14-7-6-8-15(11-14)12-17(18(22)23)16-9-10-21(13-16)19(24)25-20(2,3)4/h1,6-8,11,16-17H,9-10,12-13H2,2-4H3,(H,22,23)/t16-,17?/m0/s1. The second kappa shape index (κ2) is 7.60. The Morgan fingerprint density at radius 2 is 2.16 bits per heavy atom. The van der Waals surface area contributed by atoms with Crippen molar-refractivity contribution in [2.75, 3.05) is 13.1 Å². The Hall–Kier alpha value is -2.48. The van der Waals surface area contributed by atoms with Crippen LogP contribution in [-0.4, -0.2) is 40.8 Å². The molecule has 1 aromatic rings. The Balaban J connectivity index is 2.05. The lowest BCUT2D eigenvalue weighted by atomic mass is 9.86. The summed E-state index contributed by atoms with van der Waals surface area (Å²) < 4.78 is 5.38. The molecule has 1 fully saturated rings. The first-order chi connectivity index (χ1) is 11.7. The quantitative estimate of drug-likeness (QED) is 0.853. The van der Waals surface area contributed by atoms with E-state index in [4.69, 9.17) is 11.2 Å². The van der Waals surface area contributed by atoms with E-state index in [9.17, 15) is 14.7 Å². The molecule has 1 unspecified atom stereocenters. The summed E-state index contributed by atoms with van der Waals surface area (Å²) in [6.45, 7) is 6.37. The van der Waals surface area contributed by atoms with Gasteiger partial charge in [-0.05, 0) is 57.2 Å². The molecule has 25 heavy (non-hydrogen) atoms. The molecule has 1 aliphatic heterocycles. The molecule has 2 rings (SSSR count). The number of carbonyl (C=O) groups excluding carboxylic acids is 1. The van der Waals surface area contributed by atoms with Crippen molar-refractivity contribution in [2.24, 2.45) is 11.8 Å². The molecule has 0 radical (unpaired) electrons. The van der Waals surface area contributed by atoms with Gasteiger partial charge in [0.05, 0.1) is 5.92 Å². The van der Waals surface area contributed by atoms with Crippen molar-refractivity contribution in [3.8, 4) is 12.3 Å². The summed E-state index contributed by atoms with van der Waals surface area (Å²) in [4.78, 5) is 25.6. The molecule has 0 aliphatic carbocycles. The monoisotopic (exact) mass is 343 g/mol. The lowest BCUT2D eigenvalue weighted by Gasteiger charge is -2.25. The molecule has 1 aliphatic rings. The number of ether oxygens (including phenoxy) is 1. The third-order valence-electron chi connectivity index (χ3n) is 4.31. The number of hydrogen-bond donors (Lipinski definition) is 1. The van der Waals surface area contributed by atoms with E-state index in [1.807, 2.05) is 45.0 Å². The molecule has 134 valence electrons. The molecule has 0 aromatic heterocycles. The molecule has 1 amide bonds. The molecular formula is C20H25NO4. The summed E-state index contributed by atoms with van der Waals surface area (Å²) in [6, 6.07) is 7.39. The maximum Gasteiger partial charge on any atom is 0.410 e. The number of terminal acetylenes is 1. The number of carboxylic acid groups (broad SMARTS) is 1. The second-order valence-electron chi connectivity index (χ2n) is 7.47. The number of aliphatic carboxylic acids is 1. The minimum Gasteiger partial charge on any atom is -0.481 e. The van der Waals surface area contributed by atoms with E-state index in [-0.39, 0.29) is 12.0 Å². The summed E-state index contributed by atoms with van der Waals surface area (Å²) in [7, 11) is 0. The van der Waals surface area contributed by atoms with Gasteiger partial charge in [-0.15, -0.1) is 6.42 Å². The molecule has 1 heterocycles. The Labute approximate surface area is 149 Å². The zero-order chi connectivity index (χ0) is 18.6. The van der Waals surface area contributed by atoms with Crippen LogP contribution in [0.25, 0.3) is 0 Å². The van der Waals surface area contributed by atoms with Crippen LogP contribution in [0.5, 0.6) is 0 Å². The van der Waals surface area contributed by atoms with Crippen molar-refractivity contribution in [2.45, 2.75) is 39.2 Å². The first-order valence-corrected chi connectivity index (χ1v) is 8.46. The van der Waals surface area contributed by atoms with Gasteiger partial charge in [0, 0.05) is 18.7 Å². The fourth-order valence-electron chi connectivity index (χ4n) is 3.11. The van der Waals surface area contributed by atoms with E-state index < -0.39 is 17.5 Å². The van der Waals surface area contributed by atoms with Crippen LogP contribution in [0.2, 0.25) is 0 Å². The minimum atomic E-state index is -0.845. The van der Waals surface area contributed by atoms with Crippen LogP contribution in [0.3, 0.4) is 0 Å². The lowest BCUT2D eigenvalue weighted by molar-refractivity contribution is -0.143. The minimum absolute atomic E-state index is 0.0977. The molecule has 5 nitrogen and oxygen atoms in total. The maximum absolute atomic E-state index is 12.2. The number of benzene rings is 1. The zero-order valence-corrected chi connectivity index (χ0v) is 15.0. The molecule has 1 N–H and O–H groups in total. The van der Waals surface area contributed by atoms with Crippen LogP contribution in [0.15, 0.2) is 24.3 Å². The maximum atomic E-state index is 12.2. The number of amides is 1. The molecule has 0 spiro atoms. The Kier molecular flexibility index (Phi) is 5.73. The highest BCUT2D eigenvalue weighted by molar-refractivity contribution is 5.72. The van der Waals surface area contributed by atoms with Crippen LogP contribution in [0, 0.1) is 24.2 Å². The van der Waals surface area contributed by atoms with E-state index in [1.165, 1.54) is 0 Å². The predicted molar refractivity (Wildman–Crippen MR) is 95.1 cm³/mol. The van der Waals surface area contributed by atoms with Crippen molar-refractivity contribution < 1.29 is 19.4 Å². The topological polar surface area (TPSA) is 66.8 Å². The van der Waals surface area contributed by atoms with Gasteiger partial charge in [-0.25, -0.2) is 4.79 Å². The van der Waals surface area contributed by atoms with Crippen LogP contribution < -0.4 is 0 Å². The van der Waals surface area contributed by atoms with Gasteiger partial charge in [0.15, 0.2) is 0 Å².